The van der Waals surface area contributed by atoms with E-state index in [2.05, 4.69) is 45.1 Å². The molecule has 0 fully saturated rings. The van der Waals surface area contributed by atoms with Crippen LogP contribution in [0.4, 0.5) is 0 Å². The lowest BCUT2D eigenvalue weighted by atomic mass is 9.93. The third kappa shape index (κ3) is 3.98. The number of ether oxygens (including phenoxy) is 1. The van der Waals surface area contributed by atoms with Gasteiger partial charge in [-0.2, -0.15) is 5.26 Å². The second kappa shape index (κ2) is 6.63. The van der Waals surface area contributed by atoms with E-state index in [1.54, 1.807) is 0 Å². The van der Waals surface area contributed by atoms with Gasteiger partial charge in [-0.25, -0.2) is 0 Å². The maximum absolute atomic E-state index is 9.13. The van der Waals surface area contributed by atoms with Crippen LogP contribution in [0.1, 0.15) is 37.5 Å². The third-order valence-corrected chi connectivity index (χ3v) is 3.78. The maximum Gasteiger partial charge on any atom is 0.115 e. The zero-order valence-corrected chi connectivity index (χ0v) is 13.3. The number of hydrogen-bond donors (Lipinski definition) is 0. The molecule has 0 saturated heterocycles. The Labute approximate surface area is 127 Å². The fourth-order valence-corrected chi connectivity index (χ4v) is 2.45. The van der Waals surface area contributed by atoms with E-state index in [-0.39, 0.29) is 0 Å². The van der Waals surface area contributed by atoms with Crippen molar-refractivity contribution in [2.24, 2.45) is 11.8 Å². The van der Waals surface area contributed by atoms with Gasteiger partial charge < -0.3 is 4.74 Å². The molecule has 21 heavy (non-hydrogen) atoms. The van der Waals surface area contributed by atoms with E-state index in [0.29, 0.717) is 11.8 Å². The Morgan fingerprint density at radius 2 is 2.05 bits per heavy atom. The van der Waals surface area contributed by atoms with Crippen molar-refractivity contribution in [1.29, 1.82) is 5.26 Å². The fourth-order valence-electron chi connectivity index (χ4n) is 2.45. The molecule has 0 heterocycles. The molecule has 1 atom stereocenters. The van der Waals surface area contributed by atoms with E-state index in [9.17, 15) is 0 Å². The summed E-state index contributed by atoms with van der Waals surface area (Å²) >= 11 is 0. The molecular weight excluding hydrogens is 258 g/mol. The average Bonchev–Trinajstić information content (AvgIpc) is 2.79. The Balaban J connectivity index is 2.07. The molecule has 0 spiro atoms. The highest BCUT2D eigenvalue weighted by Crippen LogP contribution is 2.28. The van der Waals surface area contributed by atoms with Gasteiger partial charge in [0.05, 0.1) is 18.2 Å². The number of benzene rings is 1. The molecule has 2 rings (SSSR count). The van der Waals surface area contributed by atoms with Gasteiger partial charge in [0.15, 0.2) is 0 Å². The van der Waals surface area contributed by atoms with E-state index in [1.165, 1.54) is 11.1 Å². The van der Waals surface area contributed by atoms with Crippen molar-refractivity contribution < 1.29 is 4.74 Å². The first kappa shape index (κ1) is 15.4. The minimum Gasteiger partial charge on any atom is -0.494 e. The summed E-state index contributed by atoms with van der Waals surface area (Å²) in [5, 5.41) is 9.13. The van der Waals surface area contributed by atoms with Crippen LogP contribution in [-0.4, -0.2) is 6.61 Å². The van der Waals surface area contributed by atoms with Gasteiger partial charge in [0.1, 0.15) is 5.76 Å². The standard InChI is InChI=1S/C19H23NO/c1-13(2)12-21-19-7-15(4)17(10-19)8-16-6-5-14(3)18(9-16)11-20/h5-7,9-10,13,17H,8,12H2,1-4H3. The van der Waals surface area contributed by atoms with Crippen LogP contribution in [-0.2, 0) is 11.2 Å². The van der Waals surface area contributed by atoms with Crippen LogP contribution in [0.5, 0.6) is 0 Å². The largest absolute Gasteiger partial charge is 0.494 e. The molecule has 0 radical (unpaired) electrons. The Bertz CT molecular complexity index is 617. The molecule has 0 N–H and O–H groups in total. The number of nitriles is 1. The second-order valence-corrected chi connectivity index (χ2v) is 6.23. The lowest BCUT2D eigenvalue weighted by molar-refractivity contribution is 0.190. The Kier molecular flexibility index (Phi) is 4.85. The summed E-state index contributed by atoms with van der Waals surface area (Å²) in [4.78, 5) is 0. The monoisotopic (exact) mass is 281 g/mol. The second-order valence-electron chi connectivity index (χ2n) is 6.23. The lowest BCUT2D eigenvalue weighted by Gasteiger charge is -2.11. The summed E-state index contributed by atoms with van der Waals surface area (Å²) < 4.78 is 5.80. The first-order valence-electron chi connectivity index (χ1n) is 7.52. The molecule has 2 heteroatoms. The summed E-state index contributed by atoms with van der Waals surface area (Å²) in [5.74, 6) is 1.90. The fraction of sp³-hybridized carbons (Fsp3) is 0.421. The van der Waals surface area contributed by atoms with E-state index >= 15 is 0 Å². The molecule has 0 bridgehead atoms. The molecule has 0 aromatic heterocycles. The Hall–Kier alpha value is -2.01. The molecule has 0 amide bonds. The molecule has 110 valence electrons. The van der Waals surface area contributed by atoms with Crippen molar-refractivity contribution in [3.8, 4) is 6.07 Å². The van der Waals surface area contributed by atoms with Crippen LogP contribution in [0, 0.1) is 30.1 Å². The summed E-state index contributed by atoms with van der Waals surface area (Å²) in [6, 6.07) is 8.41. The molecule has 1 aromatic rings. The van der Waals surface area contributed by atoms with Crippen LogP contribution in [0.3, 0.4) is 0 Å². The van der Waals surface area contributed by atoms with Crippen LogP contribution in [0.2, 0.25) is 0 Å². The number of nitrogens with zero attached hydrogens (tertiary/aromatic N) is 1. The van der Waals surface area contributed by atoms with Gasteiger partial charge in [0.2, 0.25) is 0 Å². The summed E-state index contributed by atoms with van der Waals surface area (Å²) in [5.41, 5.74) is 4.34. The van der Waals surface area contributed by atoms with Gasteiger partial charge in [-0.15, -0.1) is 0 Å². The number of hydrogen-bond acceptors (Lipinski definition) is 2. The average molecular weight is 281 g/mol. The van der Waals surface area contributed by atoms with E-state index in [1.807, 2.05) is 19.1 Å². The van der Waals surface area contributed by atoms with Gasteiger partial charge >= 0.3 is 0 Å². The van der Waals surface area contributed by atoms with Crippen molar-refractivity contribution in [1.82, 2.24) is 0 Å². The van der Waals surface area contributed by atoms with Crippen LogP contribution in [0.15, 0.2) is 41.7 Å². The van der Waals surface area contributed by atoms with Crippen molar-refractivity contribution in [2.75, 3.05) is 6.61 Å². The molecule has 1 aliphatic rings. The van der Waals surface area contributed by atoms with Crippen molar-refractivity contribution in [3.05, 3.63) is 58.4 Å². The van der Waals surface area contributed by atoms with Gasteiger partial charge in [-0.1, -0.05) is 31.6 Å². The predicted molar refractivity (Wildman–Crippen MR) is 85.7 cm³/mol. The van der Waals surface area contributed by atoms with E-state index < -0.39 is 0 Å². The number of allylic oxidation sites excluding steroid dienone is 3. The van der Waals surface area contributed by atoms with Crippen LogP contribution in [0.25, 0.3) is 0 Å². The summed E-state index contributed by atoms with van der Waals surface area (Å²) in [7, 11) is 0. The highest BCUT2D eigenvalue weighted by molar-refractivity contribution is 5.41. The number of rotatable bonds is 5. The Morgan fingerprint density at radius 1 is 1.29 bits per heavy atom. The van der Waals surface area contributed by atoms with Crippen molar-refractivity contribution in [2.45, 2.75) is 34.1 Å². The third-order valence-electron chi connectivity index (χ3n) is 3.78. The van der Waals surface area contributed by atoms with Gasteiger partial charge in [-0.3, -0.25) is 0 Å². The Morgan fingerprint density at radius 3 is 2.71 bits per heavy atom. The number of aryl methyl sites for hydroxylation is 1. The van der Waals surface area contributed by atoms with E-state index in [4.69, 9.17) is 10.00 Å². The summed E-state index contributed by atoms with van der Waals surface area (Å²) in [6.07, 6.45) is 5.25. The molecule has 0 saturated carbocycles. The van der Waals surface area contributed by atoms with Crippen LogP contribution < -0.4 is 0 Å². The van der Waals surface area contributed by atoms with E-state index in [0.717, 1.165) is 29.9 Å². The predicted octanol–water partition coefficient (Wildman–Crippen LogP) is 4.54. The van der Waals surface area contributed by atoms with Gasteiger partial charge in [-0.05, 0) is 55.5 Å². The van der Waals surface area contributed by atoms with Crippen molar-refractivity contribution in [3.63, 3.8) is 0 Å². The lowest BCUT2D eigenvalue weighted by Crippen LogP contribution is -2.02. The molecule has 0 aliphatic heterocycles. The molecule has 2 nitrogen and oxygen atoms in total. The first-order valence-corrected chi connectivity index (χ1v) is 7.52. The van der Waals surface area contributed by atoms with Crippen molar-refractivity contribution >= 4 is 0 Å². The zero-order valence-electron chi connectivity index (χ0n) is 13.3. The van der Waals surface area contributed by atoms with Gasteiger partial charge in [0, 0.05) is 5.92 Å². The molecule has 1 unspecified atom stereocenters. The molecule has 1 aliphatic carbocycles. The maximum atomic E-state index is 9.13. The van der Waals surface area contributed by atoms with Gasteiger partial charge in [0.25, 0.3) is 0 Å². The first-order chi connectivity index (χ1) is 9.99. The molecular formula is C19H23NO. The minimum atomic E-state index is 0.376. The highest BCUT2D eigenvalue weighted by Gasteiger charge is 2.17. The SMILES string of the molecule is CC1=CC(OCC(C)C)=CC1Cc1ccc(C)c(C#N)c1. The topological polar surface area (TPSA) is 33.0 Å². The highest BCUT2D eigenvalue weighted by atomic mass is 16.5. The smallest absolute Gasteiger partial charge is 0.115 e. The zero-order chi connectivity index (χ0) is 15.4. The molecule has 1 aromatic carbocycles. The summed E-state index contributed by atoms with van der Waals surface area (Å²) in [6.45, 7) is 9.18. The quantitative estimate of drug-likeness (QED) is 0.793. The minimum absolute atomic E-state index is 0.376. The normalized spacial score (nSPS) is 17.4. The van der Waals surface area contributed by atoms with Crippen LogP contribution >= 0.6 is 0 Å².